The fourth-order valence-electron chi connectivity index (χ4n) is 1.97. The van der Waals surface area contributed by atoms with Gasteiger partial charge in [-0.15, -0.1) is 0 Å². The molecule has 0 amide bonds. The summed E-state index contributed by atoms with van der Waals surface area (Å²) in [5.74, 6) is -40.0. The van der Waals surface area contributed by atoms with Crippen molar-refractivity contribution in [2.45, 2.75) is 72.9 Å². The summed E-state index contributed by atoms with van der Waals surface area (Å²) >= 11 is 0. The Morgan fingerprint density at radius 2 is 1.00 bits per heavy atom. The third-order valence-electron chi connectivity index (χ3n) is 3.84. The molecule has 0 bridgehead atoms. The number of alkyl halides is 16. The van der Waals surface area contributed by atoms with E-state index in [1.165, 1.54) is 0 Å². The molecule has 21 heteroatoms. The molecule has 0 aromatic carbocycles. The van der Waals surface area contributed by atoms with Crippen LogP contribution in [-0.4, -0.2) is 60.2 Å². The van der Waals surface area contributed by atoms with E-state index in [1.807, 2.05) is 0 Å². The van der Waals surface area contributed by atoms with Gasteiger partial charge in [0.05, 0.1) is 0 Å². The van der Waals surface area contributed by atoms with Crippen molar-refractivity contribution in [3.8, 4) is 0 Å². The summed E-state index contributed by atoms with van der Waals surface area (Å²) in [4.78, 5) is 0. The maximum atomic E-state index is 13.4. The zero-order chi connectivity index (χ0) is 26.4. The maximum absolute atomic E-state index is 13.4. The minimum absolute atomic E-state index is 0. The van der Waals surface area contributed by atoms with Crippen LogP contribution in [0.5, 0.6) is 0 Å². The third kappa shape index (κ3) is 6.14. The molecule has 33 heavy (non-hydrogen) atoms. The van der Waals surface area contributed by atoms with Gasteiger partial charge in [0.2, 0.25) is 0 Å². The van der Waals surface area contributed by atoms with Gasteiger partial charge in [-0.05, 0) is 19.3 Å². The average molecular weight is 560 g/mol. The fourth-order valence-corrected chi connectivity index (χ4v) is 2.41. The summed E-state index contributed by atoms with van der Waals surface area (Å²) in [6.07, 6.45) is -16.2. The Hall–Kier alpha value is -0.210. The molecule has 0 saturated carbocycles. The molecule has 0 saturated heterocycles. The van der Waals surface area contributed by atoms with Crippen molar-refractivity contribution in [2.24, 2.45) is 0 Å². The molecule has 3 nitrogen and oxygen atoms in total. The molecule has 1 unspecified atom stereocenters. The quantitative estimate of drug-likeness (QED) is 0.169. The number of rotatable bonds is 11. The van der Waals surface area contributed by atoms with Crippen LogP contribution < -0.4 is 29.6 Å². The van der Waals surface area contributed by atoms with E-state index in [9.17, 15) is 83.2 Å². The van der Waals surface area contributed by atoms with Crippen LogP contribution in [0.3, 0.4) is 0 Å². The van der Waals surface area contributed by atoms with Gasteiger partial charge >= 0.3 is 70.6 Å². The number of unbranched alkanes of at least 4 members (excludes halogenated alkanes) is 1. The van der Waals surface area contributed by atoms with Crippen molar-refractivity contribution in [2.75, 3.05) is 0 Å². The Kier molecular flexibility index (Phi) is 10.6. The SMILES string of the molecule is O=S(=O)([O-])C(F)(F)C(F)(F)C(F)(F)C(F)(F)C(F)(F)C(F)(F)C(F)CCCCC(F)(F)F.[Na+]. The first kappa shape index (κ1) is 35.0. The summed E-state index contributed by atoms with van der Waals surface area (Å²) in [5, 5.41) is -7.73. The van der Waals surface area contributed by atoms with Gasteiger partial charge in [-0.3, -0.25) is 0 Å². The van der Waals surface area contributed by atoms with E-state index in [0.29, 0.717) is 0 Å². The predicted octanol–water partition coefficient (Wildman–Crippen LogP) is 2.77. The fraction of sp³-hybridized carbons (Fsp3) is 1.00. The summed E-state index contributed by atoms with van der Waals surface area (Å²) in [5.41, 5.74) is 0. The van der Waals surface area contributed by atoms with Crippen molar-refractivity contribution in [3.63, 3.8) is 0 Å². The van der Waals surface area contributed by atoms with Crippen LogP contribution in [-0.2, 0) is 10.1 Å². The molecular formula is C12H9F16NaO3S. The van der Waals surface area contributed by atoms with E-state index in [-0.39, 0.29) is 29.6 Å². The molecule has 0 fully saturated rings. The van der Waals surface area contributed by atoms with Crippen molar-refractivity contribution in [1.29, 1.82) is 0 Å². The van der Waals surface area contributed by atoms with E-state index in [4.69, 9.17) is 0 Å². The van der Waals surface area contributed by atoms with Gasteiger partial charge < -0.3 is 4.55 Å². The second kappa shape index (κ2) is 10.0. The molecule has 0 radical (unpaired) electrons. The van der Waals surface area contributed by atoms with Gasteiger partial charge in [-0.2, -0.15) is 65.9 Å². The first-order chi connectivity index (χ1) is 13.6. The topological polar surface area (TPSA) is 57.2 Å². The molecule has 0 aliphatic rings. The van der Waals surface area contributed by atoms with Gasteiger partial charge in [0.25, 0.3) is 0 Å². The van der Waals surface area contributed by atoms with E-state index < -0.39 is 83.0 Å². The van der Waals surface area contributed by atoms with Crippen LogP contribution in [0, 0.1) is 0 Å². The molecule has 0 aliphatic carbocycles. The molecule has 194 valence electrons. The predicted molar refractivity (Wildman–Crippen MR) is 68.8 cm³/mol. The van der Waals surface area contributed by atoms with Crippen molar-refractivity contribution >= 4 is 10.1 Å². The Balaban J connectivity index is 0. The third-order valence-corrected chi connectivity index (χ3v) is 4.73. The van der Waals surface area contributed by atoms with Crippen LogP contribution in [0.4, 0.5) is 70.2 Å². The monoisotopic (exact) mass is 560 g/mol. The molecule has 0 aromatic rings. The van der Waals surface area contributed by atoms with E-state index in [2.05, 4.69) is 0 Å². The number of halogens is 16. The summed E-state index contributed by atoms with van der Waals surface area (Å²) in [6, 6.07) is 0. The van der Waals surface area contributed by atoms with Crippen LogP contribution in [0.25, 0.3) is 0 Å². The van der Waals surface area contributed by atoms with E-state index >= 15 is 0 Å². The largest absolute Gasteiger partial charge is 1.00 e. The van der Waals surface area contributed by atoms with Crippen molar-refractivity contribution < 1.29 is 113 Å². The van der Waals surface area contributed by atoms with Gasteiger partial charge in [-0.25, -0.2) is 12.8 Å². The van der Waals surface area contributed by atoms with Crippen LogP contribution in [0.1, 0.15) is 25.7 Å². The normalized spacial score (nSPS) is 16.4. The molecular weight excluding hydrogens is 551 g/mol. The summed E-state index contributed by atoms with van der Waals surface area (Å²) in [6.45, 7) is 0. The molecule has 0 rings (SSSR count). The molecule has 1 atom stereocenters. The minimum atomic E-state index is -8.40. The van der Waals surface area contributed by atoms with Crippen molar-refractivity contribution in [3.05, 3.63) is 0 Å². The summed E-state index contributed by atoms with van der Waals surface area (Å²) in [7, 11) is -7.97. The zero-order valence-corrected chi connectivity index (χ0v) is 18.4. The van der Waals surface area contributed by atoms with E-state index in [1.54, 1.807) is 0 Å². The van der Waals surface area contributed by atoms with Gasteiger partial charge in [0, 0.05) is 6.42 Å². The Labute approximate surface area is 195 Å². The molecule has 0 heterocycles. The Bertz CT molecular complexity index is 763. The zero-order valence-electron chi connectivity index (χ0n) is 15.6. The smallest absolute Gasteiger partial charge is 0.743 e. The average Bonchev–Trinajstić information content (AvgIpc) is 2.55. The standard InChI is InChI=1S/C12H10F16O3S.Na/c13-5(3-1-2-4-6(14,15)16)7(17,18)8(19,20)9(21,22)10(23,24)11(25,26)12(27,28)32(29,30)31;/h5H,1-4H2,(H,29,30,31);/q;+1/p-1. The minimum Gasteiger partial charge on any atom is -0.743 e. The van der Waals surface area contributed by atoms with Crippen LogP contribution >= 0.6 is 0 Å². The van der Waals surface area contributed by atoms with Gasteiger partial charge in [0.15, 0.2) is 16.3 Å². The first-order valence-electron chi connectivity index (χ1n) is 7.56. The number of hydrogen-bond acceptors (Lipinski definition) is 3. The van der Waals surface area contributed by atoms with Crippen LogP contribution in [0.2, 0.25) is 0 Å². The van der Waals surface area contributed by atoms with Crippen molar-refractivity contribution in [1.82, 2.24) is 0 Å². The molecule has 0 N–H and O–H groups in total. The first-order valence-corrected chi connectivity index (χ1v) is 8.97. The van der Waals surface area contributed by atoms with Gasteiger partial charge in [0.1, 0.15) is 0 Å². The van der Waals surface area contributed by atoms with E-state index in [0.717, 1.165) is 0 Å². The second-order valence-electron chi connectivity index (χ2n) is 6.22. The molecule has 0 aliphatic heterocycles. The Morgan fingerprint density at radius 3 is 1.33 bits per heavy atom. The van der Waals surface area contributed by atoms with Gasteiger partial charge in [-0.1, -0.05) is 0 Å². The summed E-state index contributed by atoms with van der Waals surface area (Å²) < 4.78 is 238. The Morgan fingerprint density at radius 1 is 0.636 bits per heavy atom. The molecule has 0 aromatic heterocycles. The molecule has 0 spiro atoms. The van der Waals surface area contributed by atoms with Crippen LogP contribution in [0.15, 0.2) is 0 Å². The second-order valence-corrected chi connectivity index (χ2v) is 7.64. The maximum Gasteiger partial charge on any atom is 1.00 e. The number of hydrogen-bond donors (Lipinski definition) is 0.